The van der Waals surface area contributed by atoms with Crippen LogP contribution in [-0.4, -0.2) is 42.1 Å². The number of phenols is 1. The SMILES string of the molecule is CNCC1CCCCN1C(=O)c1cc(C)ccc1O. The Kier molecular flexibility index (Phi) is 4.43. The standard InChI is InChI=1S/C15H22N2O2/c1-11-6-7-14(18)13(9-11)15(19)17-8-4-3-5-12(17)10-16-2/h6-7,9,12,16,18H,3-5,8,10H2,1-2H3. The Morgan fingerprint density at radius 2 is 2.26 bits per heavy atom. The molecule has 2 N–H and O–H groups in total. The Hall–Kier alpha value is -1.55. The van der Waals surface area contributed by atoms with E-state index >= 15 is 0 Å². The number of nitrogens with one attached hydrogen (secondary N) is 1. The summed E-state index contributed by atoms with van der Waals surface area (Å²) in [5.41, 5.74) is 1.41. The van der Waals surface area contributed by atoms with E-state index in [4.69, 9.17) is 0 Å². The van der Waals surface area contributed by atoms with E-state index in [1.807, 2.05) is 24.9 Å². The summed E-state index contributed by atoms with van der Waals surface area (Å²) in [6.45, 7) is 3.51. The fourth-order valence-electron chi connectivity index (χ4n) is 2.69. The molecule has 1 aromatic carbocycles. The van der Waals surface area contributed by atoms with Gasteiger partial charge in [0.15, 0.2) is 0 Å². The maximum Gasteiger partial charge on any atom is 0.257 e. The fraction of sp³-hybridized carbons (Fsp3) is 0.533. The van der Waals surface area contributed by atoms with Crippen molar-refractivity contribution in [1.82, 2.24) is 10.2 Å². The van der Waals surface area contributed by atoms with Gasteiger partial charge < -0.3 is 15.3 Å². The zero-order valence-corrected chi connectivity index (χ0v) is 11.6. The third-order valence-corrected chi connectivity index (χ3v) is 3.71. The second kappa shape index (κ2) is 6.06. The summed E-state index contributed by atoms with van der Waals surface area (Å²) in [7, 11) is 1.90. The summed E-state index contributed by atoms with van der Waals surface area (Å²) in [4.78, 5) is 14.5. The van der Waals surface area contributed by atoms with E-state index in [9.17, 15) is 9.90 Å². The Bertz CT molecular complexity index is 457. The number of rotatable bonds is 3. The largest absolute Gasteiger partial charge is 0.507 e. The van der Waals surface area contributed by atoms with Gasteiger partial charge in [-0.1, -0.05) is 11.6 Å². The van der Waals surface area contributed by atoms with Crippen LogP contribution in [0.25, 0.3) is 0 Å². The molecule has 4 nitrogen and oxygen atoms in total. The van der Waals surface area contributed by atoms with Crippen molar-refractivity contribution in [1.29, 1.82) is 0 Å². The second-order valence-corrected chi connectivity index (χ2v) is 5.23. The molecule has 0 spiro atoms. The van der Waals surface area contributed by atoms with Crippen molar-refractivity contribution >= 4 is 5.91 Å². The van der Waals surface area contributed by atoms with Crippen LogP contribution in [0.4, 0.5) is 0 Å². The molecule has 1 amide bonds. The van der Waals surface area contributed by atoms with Gasteiger partial charge in [-0.05, 0) is 45.4 Å². The van der Waals surface area contributed by atoms with Crippen LogP contribution in [0.3, 0.4) is 0 Å². The van der Waals surface area contributed by atoms with E-state index in [2.05, 4.69) is 5.32 Å². The first-order valence-electron chi connectivity index (χ1n) is 6.88. The molecule has 104 valence electrons. The summed E-state index contributed by atoms with van der Waals surface area (Å²) in [5, 5.41) is 13.0. The quantitative estimate of drug-likeness (QED) is 0.875. The third kappa shape index (κ3) is 3.07. The number of hydrogen-bond acceptors (Lipinski definition) is 3. The van der Waals surface area contributed by atoms with E-state index in [1.165, 1.54) is 0 Å². The first-order valence-corrected chi connectivity index (χ1v) is 6.88. The summed E-state index contributed by atoms with van der Waals surface area (Å²) in [6.07, 6.45) is 3.23. The normalized spacial score (nSPS) is 19.5. The minimum absolute atomic E-state index is 0.0545. The van der Waals surface area contributed by atoms with Crippen molar-refractivity contribution < 1.29 is 9.90 Å². The predicted molar refractivity (Wildman–Crippen MR) is 75.4 cm³/mol. The number of likely N-dealkylation sites (tertiary alicyclic amines) is 1. The third-order valence-electron chi connectivity index (χ3n) is 3.71. The van der Waals surface area contributed by atoms with Crippen LogP contribution >= 0.6 is 0 Å². The van der Waals surface area contributed by atoms with Gasteiger partial charge in [-0.15, -0.1) is 0 Å². The smallest absolute Gasteiger partial charge is 0.257 e. The monoisotopic (exact) mass is 262 g/mol. The average molecular weight is 262 g/mol. The lowest BCUT2D eigenvalue weighted by atomic mass is 10.00. The van der Waals surface area contributed by atoms with Crippen molar-refractivity contribution in [2.75, 3.05) is 20.1 Å². The van der Waals surface area contributed by atoms with Crippen LogP contribution in [0.5, 0.6) is 5.75 Å². The molecule has 1 saturated heterocycles. The van der Waals surface area contributed by atoms with E-state index in [0.717, 1.165) is 37.9 Å². The number of nitrogens with zero attached hydrogens (tertiary/aromatic N) is 1. The Balaban J connectivity index is 2.23. The molecule has 1 fully saturated rings. The van der Waals surface area contributed by atoms with Crippen LogP contribution in [0.2, 0.25) is 0 Å². The molecule has 1 unspecified atom stereocenters. The van der Waals surface area contributed by atoms with Gasteiger partial charge in [0.2, 0.25) is 0 Å². The van der Waals surface area contributed by atoms with Crippen molar-refractivity contribution in [2.45, 2.75) is 32.2 Å². The molecule has 19 heavy (non-hydrogen) atoms. The van der Waals surface area contributed by atoms with Gasteiger partial charge in [-0.2, -0.15) is 0 Å². The average Bonchev–Trinajstić information content (AvgIpc) is 2.42. The molecular formula is C15H22N2O2. The van der Waals surface area contributed by atoms with E-state index in [-0.39, 0.29) is 17.7 Å². The molecule has 2 rings (SSSR count). The molecule has 1 aromatic rings. The topological polar surface area (TPSA) is 52.6 Å². The summed E-state index contributed by atoms with van der Waals surface area (Å²) in [6, 6.07) is 5.40. The highest BCUT2D eigenvalue weighted by Gasteiger charge is 2.28. The van der Waals surface area contributed by atoms with Crippen molar-refractivity contribution in [3.63, 3.8) is 0 Å². The zero-order chi connectivity index (χ0) is 13.8. The molecule has 0 aromatic heterocycles. The van der Waals surface area contributed by atoms with Gasteiger partial charge in [-0.25, -0.2) is 0 Å². The van der Waals surface area contributed by atoms with Crippen LogP contribution in [0, 0.1) is 6.92 Å². The summed E-state index contributed by atoms with van der Waals surface area (Å²) >= 11 is 0. The molecule has 0 radical (unpaired) electrons. The Morgan fingerprint density at radius 1 is 1.47 bits per heavy atom. The van der Waals surface area contributed by atoms with Crippen LogP contribution in [0.1, 0.15) is 35.2 Å². The number of piperidine rings is 1. The summed E-state index contributed by atoms with van der Waals surface area (Å²) < 4.78 is 0. The molecular weight excluding hydrogens is 240 g/mol. The highest BCUT2D eigenvalue weighted by atomic mass is 16.3. The van der Waals surface area contributed by atoms with Gasteiger partial charge in [0.25, 0.3) is 5.91 Å². The van der Waals surface area contributed by atoms with Gasteiger partial charge in [0.05, 0.1) is 5.56 Å². The number of aromatic hydroxyl groups is 1. The number of aryl methyl sites for hydroxylation is 1. The van der Waals surface area contributed by atoms with E-state index in [0.29, 0.717) is 5.56 Å². The number of carbonyl (C=O) groups excluding carboxylic acids is 1. The lowest BCUT2D eigenvalue weighted by Crippen LogP contribution is -2.48. The first-order chi connectivity index (χ1) is 9.13. The van der Waals surface area contributed by atoms with Crippen LogP contribution in [-0.2, 0) is 0 Å². The molecule has 1 aliphatic heterocycles. The van der Waals surface area contributed by atoms with Gasteiger partial charge in [-0.3, -0.25) is 4.79 Å². The lowest BCUT2D eigenvalue weighted by molar-refractivity contribution is 0.0612. The van der Waals surface area contributed by atoms with Gasteiger partial charge >= 0.3 is 0 Å². The van der Waals surface area contributed by atoms with E-state index in [1.54, 1.807) is 12.1 Å². The van der Waals surface area contributed by atoms with Crippen molar-refractivity contribution in [3.8, 4) is 5.75 Å². The second-order valence-electron chi connectivity index (χ2n) is 5.23. The van der Waals surface area contributed by atoms with Gasteiger partial charge in [0, 0.05) is 19.1 Å². The number of amides is 1. The maximum absolute atomic E-state index is 12.6. The van der Waals surface area contributed by atoms with Gasteiger partial charge in [0.1, 0.15) is 5.75 Å². The lowest BCUT2D eigenvalue weighted by Gasteiger charge is -2.36. The number of likely N-dealkylation sites (N-methyl/N-ethyl adjacent to an activating group) is 1. The molecule has 1 aliphatic rings. The minimum Gasteiger partial charge on any atom is -0.507 e. The number of hydrogen-bond donors (Lipinski definition) is 2. The molecule has 0 bridgehead atoms. The molecule has 0 saturated carbocycles. The van der Waals surface area contributed by atoms with Crippen molar-refractivity contribution in [3.05, 3.63) is 29.3 Å². The minimum atomic E-state index is -0.0545. The Morgan fingerprint density at radius 3 is 3.00 bits per heavy atom. The maximum atomic E-state index is 12.6. The molecule has 4 heteroatoms. The fourth-order valence-corrected chi connectivity index (χ4v) is 2.69. The number of carbonyl (C=O) groups is 1. The first kappa shape index (κ1) is 13.9. The molecule has 1 heterocycles. The number of benzene rings is 1. The molecule has 1 atom stereocenters. The zero-order valence-electron chi connectivity index (χ0n) is 11.6. The number of phenolic OH excluding ortho intramolecular Hbond substituents is 1. The summed E-state index contributed by atoms with van der Waals surface area (Å²) in [5.74, 6) is 0.0190. The van der Waals surface area contributed by atoms with Crippen LogP contribution < -0.4 is 5.32 Å². The molecule has 0 aliphatic carbocycles. The van der Waals surface area contributed by atoms with Crippen LogP contribution in [0.15, 0.2) is 18.2 Å². The predicted octanol–water partition coefficient (Wildman–Crippen LogP) is 1.91. The van der Waals surface area contributed by atoms with E-state index < -0.39 is 0 Å². The Labute approximate surface area is 114 Å². The highest BCUT2D eigenvalue weighted by molar-refractivity contribution is 5.97. The highest BCUT2D eigenvalue weighted by Crippen LogP contribution is 2.24. The van der Waals surface area contributed by atoms with Crippen molar-refractivity contribution in [2.24, 2.45) is 0 Å².